The maximum absolute atomic E-state index is 13.2. The number of fused-ring (bicyclic) bond motifs is 10. The lowest BCUT2D eigenvalue weighted by atomic mass is 9.85. The molecule has 2 bridgehead atoms. The van der Waals surface area contributed by atoms with Gasteiger partial charge in [-0.2, -0.15) is 5.06 Å². The third-order valence-electron chi connectivity index (χ3n) is 7.05. The molecule has 2 unspecified atom stereocenters. The SMILES string of the molecule is CCOC(=O)[C@H]1[C@@H](c2ccccc2)N(C)OC12C1[C@@H]3O[C@@H](c4ccccc43)[C@@H]12. The van der Waals surface area contributed by atoms with Crippen molar-refractivity contribution in [1.29, 1.82) is 0 Å². The number of rotatable bonds is 3. The summed E-state index contributed by atoms with van der Waals surface area (Å²) >= 11 is 0. The first kappa shape index (κ1) is 16.7. The fourth-order valence-corrected chi connectivity index (χ4v) is 6.13. The van der Waals surface area contributed by atoms with Gasteiger partial charge < -0.3 is 9.47 Å². The van der Waals surface area contributed by atoms with Crippen LogP contribution in [-0.2, 0) is 19.1 Å². The summed E-state index contributed by atoms with van der Waals surface area (Å²) in [7, 11) is 1.93. The van der Waals surface area contributed by atoms with Gasteiger partial charge in [0.1, 0.15) is 11.5 Å². The molecule has 1 aliphatic carbocycles. The Morgan fingerprint density at radius 1 is 1.04 bits per heavy atom. The summed E-state index contributed by atoms with van der Waals surface area (Å²) in [5, 5.41) is 1.87. The molecule has 3 aliphatic heterocycles. The monoisotopic (exact) mass is 377 g/mol. The Morgan fingerprint density at radius 2 is 1.64 bits per heavy atom. The van der Waals surface area contributed by atoms with Gasteiger partial charge in [0.05, 0.1) is 24.9 Å². The predicted molar refractivity (Wildman–Crippen MR) is 101 cm³/mol. The fourth-order valence-electron chi connectivity index (χ4n) is 6.13. The highest BCUT2D eigenvalue weighted by Gasteiger charge is 2.86. The highest BCUT2D eigenvalue weighted by molar-refractivity contribution is 5.77. The summed E-state index contributed by atoms with van der Waals surface area (Å²) in [6, 6.07) is 18.4. The van der Waals surface area contributed by atoms with Gasteiger partial charge in [-0.15, -0.1) is 0 Å². The zero-order valence-corrected chi connectivity index (χ0v) is 15.9. The van der Waals surface area contributed by atoms with E-state index in [0.717, 1.165) is 5.56 Å². The number of hydrogen-bond acceptors (Lipinski definition) is 5. The molecule has 3 heterocycles. The van der Waals surface area contributed by atoms with Crippen molar-refractivity contribution in [2.75, 3.05) is 13.7 Å². The van der Waals surface area contributed by atoms with Gasteiger partial charge in [-0.25, -0.2) is 0 Å². The predicted octanol–water partition coefficient (Wildman–Crippen LogP) is 3.60. The van der Waals surface area contributed by atoms with Crippen molar-refractivity contribution in [2.24, 2.45) is 17.8 Å². The van der Waals surface area contributed by atoms with E-state index in [9.17, 15) is 4.79 Å². The van der Waals surface area contributed by atoms with Crippen LogP contribution in [0.4, 0.5) is 0 Å². The Kier molecular flexibility index (Phi) is 3.38. The highest BCUT2D eigenvalue weighted by Crippen LogP contribution is 2.80. The van der Waals surface area contributed by atoms with Crippen LogP contribution in [0.1, 0.15) is 41.9 Å². The zero-order chi connectivity index (χ0) is 19.0. The Balaban J connectivity index is 1.44. The molecule has 7 atom stereocenters. The van der Waals surface area contributed by atoms with Crippen LogP contribution in [-0.4, -0.2) is 30.3 Å². The first-order valence-corrected chi connectivity index (χ1v) is 10.1. The molecule has 4 aliphatic rings. The van der Waals surface area contributed by atoms with Gasteiger partial charge in [0.25, 0.3) is 0 Å². The second-order valence-electron chi connectivity index (χ2n) is 8.23. The number of nitrogens with zero attached hydrogens (tertiary/aromatic N) is 1. The minimum absolute atomic E-state index is 0.00560. The third kappa shape index (κ3) is 1.89. The van der Waals surface area contributed by atoms with Crippen LogP contribution in [0, 0.1) is 17.8 Å². The van der Waals surface area contributed by atoms with E-state index < -0.39 is 5.60 Å². The molecular weight excluding hydrogens is 354 g/mol. The molecule has 5 nitrogen and oxygen atoms in total. The van der Waals surface area contributed by atoms with Crippen molar-refractivity contribution in [3.63, 3.8) is 0 Å². The van der Waals surface area contributed by atoms with E-state index >= 15 is 0 Å². The summed E-state index contributed by atoms with van der Waals surface area (Å²) in [6.45, 7) is 2.23. The van der Waals surface area contributed by atoms with Gasteiger partial charge in [-0.1, -0.05) is 54.6 Å². The molecular formula is C23H23NO4. The number of hydroxylamine groups is 2. The average Bonchev–Trinajstić information content (AvgIpc) is 3.03. The molecule has 0 aromatic heterocycles. The summed E-state index contributed by atoms with van der Waals surface area (Å²) in [6.07, 6.45) is 0.0112. The molecule has 1 spiro atoms. The van der Waals surface area contributed by atoms with Crippen LogP contribution >= 0.6 is 0 Å². The molecule has 5 heteroatoms. The quantitative estimate of drug-likeness (QED) is 0.765. The molecule has 0 amide bonds. The van der Waals surface area contributed by atoms with E-state index in [4.69, 9.17) is 14.3 Å². The zero-order valence-electron chi connectivity index (χ0n) is 15.9. The maximum atomic E-state index is 13.2. The largest absolute Gasteiger partial charge is 0.466 e. The fraction of sp³-hybridized carbons (Fsp3) is 0.435. The standard InChI is InChI=1S/C23H23NO4/c1-3-26-22(25)18-19(13-9-5-4-6-10-13)24(2)28-23(18)16-17(23)21-15-12-8-7-11-14(15)20(16)27-21/h4-12,16-21H,3H2,1-2H3/t16-,17?,18-,19-,20+,21-,23?/m1/s1. The maximum Gasteiger partial charge on any atom is 0.314 e. The van der Waals surface area contributed by atoms with Crippen LogP contribution in [0.3, 0.4) is 0 Å². The lowest BCUT2D eigenvalue weighted by molar-refractivity contribution is -0.186. The minimum Gasteiger partial charge on any atom is -0.466 e. The summed E-state index contributed by atoms with van der Waals surface area (Å²) < 4.78 is 11.9. The topological polar surface area (TPSA) is 48.0 Å². The second-order valence-corrected chi connectivity index (χ2v) is 8.23. The highest BCUT2D eigenvalue weighted by atomic mass is 16.7. The van der Waals surface area contributed by atoms with E-state index in [1.807, 2.05) is 37.2 Å². The first-order chi connectivity index (χ1) is 13.7. The second kappa shape index (κ2) is 5.66. The van der Waals surface area contributed by atoms with Gasteiger partial charge in [0, 0.05) is 18.9 Å². The van der Waals surface area contributed by atoms with Crippen LogP contribution in [0.5, 0.6) is 0 Å². The molecule has 0 radical (unpaired) electrons. The van der Waals surface area contributed by atoms with E-state index in [1.54, 1.807) is 0 Å². The Labute approximate surface area is 164 Å². The third-order valence-corrected chi connectivity index (χ3v) is 7.05. The van der Waals surface area contributed by atoms with E-state index in [-0.39, 0.29) is 42.0 Å². The van der Waals surface area contributed by atoms with Crippen LogP contribution in [0.15, 0.2) is 54.6 Å². The average molecular weight is 377 g/mol. The Bertz CT molecular complexity index is 910. The summed E-state index contributed by atoms with van der Waals surface area (Å²) in [4.78, 5) is 19.7. The van der Waals surface area contributed by atoms with Crippen molar-refractivity contribution >= 4 is 5.97 Å². The molecule has 2 aromatic carbocycles. The van der Waals surface area contributed by atoms with Crippen LogP contribution in [0.25, 0.3) is 0 Å². The molecule has 1 saturated carbocycles. The Morgan fingerprint density at radius 3 is 2.25 bits per heavy atom. The van der Waals surface area contributed by atoms with Crippen molar-refractivity contribution in [3.8, 4) is 0 Å². The smallest absolute Gasteiger partial charge is 0.314 e. The van der Waals surface area contributed by atoms with E-state index in [2.05, 4.69) is 36.4 Å². The number of carbonyl (C=O) groups is 1. The van der Waals surface area contributed by atoms with E-state index in [0.29, 0.717) is 6.61 Å². The Hall–Kier alpha value is -2.21. The normalized spacial score (nSPS) is 39.8. The lowest BCUT2D eigenvalue weighted by Gasteiger charge is -2.25. The van der Waals surface area contributed by atoms with Gasteiger partial charge >= 0.3 is 5.97 Å². The van der Waals surface area contributed by atoms with Gasteiger partial charge in [0.2, 0.25) is 0 Å². The number of ether oxygens (including phenoxy) is 2. The van der Waals surface area contributed by atoms with Crippen LogP contribution in [0.2, 0.25) is 0 Å². The number of hydrogen-bond donors (Lipinski definition) is 0. The van der Waals surface area contributed by atoms with Gasteiger partial charge in [-0.3, -0.25) is 9.63 Å². The molecule has 28 heavy (non-hydrogen) atoms. The lowest BCUT2D eigenvalue weighted by Crippen LogP contribution is -2.36. The first-order valence-electron chi connectivity index (χ1n) is 10.1. The molecule has 6 rings (SSSR count). The van der Waals surface area contributed by atoms with Crippen LogP contribution < -0.4 is 0 Å². The number of esters is 1. The van der Waals surface area contributed by atoms with Crippen molar-refractivity contribution in [3.05, 3.63) is 71.3 Å². The molecule has 144 valence electrons. The van der Waals surface area contributed by atoms with Gasteiger partial charge in [0.15, 0.2) is 0 Å². The van der Waals surface area contributed by atoms with Crippen molar-refractivity contribution in [2.45, 2.75) is 30.8 Å². The number of carbonyl (C=O) groups excluding carboxylic acids is 1. The summed E-state index contributed by atoms with van der Waals surface area (Å²) in [5.41, 5.74) is 3.04. The molecule has 3 fully saturated rings. The number of benzene rings is 2. The van der Waals surface area contributed by atoms with Gasteiger partial charge in [-0.05, 0) is 23.6 Å². The summed E-state index contributed by atoms with van der Waals surface area (Å²) in [5.74, 6) is -0.146. The molecule has 0 N–H and O–H groups in total. The van der Waals surface area contributed by atoms with Crippen molar-refractivity contribution in [1.82, 2.24) is 5.06 Å². The van der Waals surface area contributed by atoms with E-state index in [1.165, 1.54) is 11.1 Å². The van der Waals surface area contributed by atoms with Crippen molar-refractivity contribution < 1.29 is 19.1 Å². The minimum atomic E-state index is -0.548. The molecule has 2 saturated heterocycles. The molecule has 2 aromatic rings.